The minimum absolute atomic E-state index is 0.0829. The number of sulfonamides is 4. The van der Waals surface area contributed by atoms with Gasteiger partial charge in [-0.25, -0.2) is 38.1 Å². The lowest BCUT2D eigenvalue weighted by atomic mass is 10.1. The van der Waals surface area contributed by atoms with Crippen LogP contribution in [0.15, 0.2) is 24.3 Å². The molecule has 0 aliphatic heterocycles. The first-order valence-electron chi connectivity index (χ1n) is 6.98. The van der Waals surface area contributed by atoms with E-state index in [1.807, 2.05) is 0 Å². The maximum absolute atomic E-state index is 14.3. The molecule has 0 spiro atoms. The molecule has 1 atom stereocenters. The maximum Gasteiger partial charge on any atom is 0.224 e. The van der Waals surface area contributed by atoms with E-state index in [0.29, 0.717) is 25.0 Å². The first kappa shape index (κ1) is 23.9. The summed E-state index contributed by atoms with van der Waals surface area (Å²) in [6.07, 6.45) is 2.12. The van der Waals surface area contributed by atoms with Crippen LogP contribution in [0.25, 0.3) is 0 Å². The van der Waals surface area contributed by atoms with Crippen molar-refractivity contribution in [2.75, 3.05) is 31.6 Å². The zero-order valence-electron chi connectivity index (χ0n) is 14.8. The number of hydrogen-bond acceptors (Lipinski definition) is 8. The zero-order chi connectivity index (χ0) is 21.4. The van der Waals surface area contributed by atoms with Gasteiger partial charge in [-0.15, -0.1) is 0 Å². The molecule has 0 aromatic heterocycles. The zero-order valence-corrected chi connectivity index (χ0v) is 18.0. The Morgan fingerprint density at radius 1 is 0.778 bits per heavy atom. The summed E-state index contributed by atoms with van der Waals surface area (Å²) in [7, 11) is -18.0. The quantitative estimate of drug-likeness (QED) is 0.490. The highest BCUT2D eigenvalue weighted by Crippen LogP contribution is 2.30. The molecule has 0 aliphatic carbocycles. The SMILES string of the molecule is CS(=O)(=O)N(CC(c1ccccc1F)N(S(C)(=O)=O)S(C)(=O)=O)S(C)(=O)=O. The Morgan fingerprint density at radius 3 is 1.52 bits per heavy atom. The molecule has 0 saturated heterocycles. The van der Waals surface area contributed by atoms with Crippen LogP contribution < -0.4 is 0 Å². The van der Waals surface area contributed by atoms with Crippen LogP contribution in [-0.4, -0.2) is 72.7 Å². The average Bonchev–Trinajstić information content (AvgIpc) is 2.38. The molecule has 1 rings (SSSR count). The van der Waals surface area contributed by atoms with Crippen LogP contribution in [0.1, 0.15) is 11.6 Å². The summed E-state index contributed by atoms with van der Waals surface area (Å²) in [6, 6.07) is 2.45. The van der Waals surface area contributed by atoms with Crippen molar-refractivity contribution in [1.82, 2.24) is 7.42 Å². The standard InChI is InChI=1S/C12H19FN2O8S4/c1-24(16,17)14(25(2,18)19)9-12(10-7-5-6-8-11(10)13)15(26(3,20)21)27(4,22)23/h5-8,12H,9H2,1-4H3. The molecule has 15 heteroatoms. The third kappa shape index (κ3) is 6.18. The lowest BCUT2D eigenvalue weighted by Crippen LogP contribution is -2.46. The van der Waals surface area contributed by atoms with Gasteiger partial charge in [0.25, 0.3) is 0 Å². The smallest absolute Gasteiger partial charge is 0.212 e. The average molecular weight is 467 g/mol. The van der Waals surface area contributed by atoms with Crippen molar-refractivity contribution in [3.63, 3.8) is 0 Å². The molecule has 1 unspecified atom stereocenters. The van der Waals surface area contributed by atoms with E-state index in [2.05, 4.69) is 0 Å². The van der Waals surface area contributed by atoms with E-state index in [4.69, 9.17) is 0 Å². The van der Waals surface area contributed by atoms with Crippen molar-refractivity contribution in [2.24, 2.45) is 0 Å². The van der Waals surface area contributed by atoms with Gasteiger partial charge >= 0.3 is 0 Å². The van der Waals surface area contributed by atoms with Crippen LogP contribution in [-0.2, 0) is 40.1 Å². The van der Waals surface area contributed by atoms with Crippen LogP contribution in [0.4, 0.5) is 4.39 Å². The number of halogens is 1. The van der Waals surface area contributed by atoms with E-state index >= 15 is 0 Å². The molecule has 0 N–H and O–H groups in total. The lowest BCUT2D eigenvalue weighted by Gasteiger charge is -2.31. The Bertz CT molecular complexity index is 1060. The Hall–Kier alpha value is -1.13. The molecule has 156 valence electrons. The fraction of sp³-hybridized carbons (Fsp3) is 0.500. The monoisotopic (exact) mass is 466 g/mol. The largest absolute Gasteiger partial charge is 0.224 e. The molecule has 0 heterocycles. The van der Waals surface area contributed by atoms with E-state index in [1.165, 1.54) is 12.1 Å². The highest BCUT2D eigenvalue weighted by molar-refractivity contribution is 8.04. The molecular formula is C12H19FN2O8S4. The number of nitrogens with zero attached hydrogens (tertiary/aromatic N) is 2. The predicted molar refractivity (Wildman–Crippen MR) is 97.1 cm³/mol. The molecule has 0 aliphatic rings. The van der Waals surface area contributed by atoms with E-state index in [0.717, 1.165) is 12.1 Å². The minimum Gasteiger partial charge on any atom is -0.212 e. The van der Waals surface area contributed by atoms with E-state index in [-0.39, 0.29) is 7.42 Å². The van der Waals surface area contributed by atoms with Crippen molar-refractivity contribution in [1.29, 1.82) is 0 Å². The minimum atomic E-state index is -4.56. The molecule has 0 fully saturated rings. The van der Waals surface area contributed by atoms with Gasteiger partial charge in [-0.2, -0.15) is 0 Å². The topological polar surface area (TPSA) is 143 Å². The summed E-state index contributed by atoms with van der Waals surface area (Å²) in [5.74, 6) is -1.04. The van der Waals surface area contributed by atoms with Gasteiger partial charge in [0.2, 0.25) is 40.1 Å². The number of rotatable bonds is 8. The Morgan fingerprint density at radius 2 is 1.19 bits per heavy atom. The predicted octanol–water partition coefficient (Wildman–Crippen LogP) is -0.691. The van der Waals surface area contributed by atoms with Crippen molar-refractivity contribution >= 4 is 40.1 Å². The van der Waals surface area contributed by atoms with Crippen molar-refractivity contribution in [3.8, 4) is 0 Å². The molecule has 0 amide bonds. The Balaban J connectivity index is 3.84. The highest BCUT2D eigenvalue weighted by atomic mass is 32.3. The van der Waals surface area contributed by atoms with Gasteiger partial charge < -0.3 is 0 Å². The van der Waals surface area contributed by atoms with E-state index in [1.54, 1.807) is 0 Å². The normalized spacial score (nSPS) is 15.2. The molecule has 1 aromatic rings. The van der Waals surface area contributed by atoms with Gasteiger partial charge in [0.05, 0.1) is 37.6 Å². The summed E-state index contributed by atoms with van der Waals surface area (Å²) < 4.78 is 110. The summed E-state index contributed by atoms with van der Waals surface area (Å²) in [4.78, 5) is 0. The first-order valence-corrected chi connectivity index (χ1v) is 14.4. The van der Waals surface area contributed by atoms with Crippen LogP contribution >= 0.6 is 0 Å². The number of benzene rings is 1. The fourth-order valence-electron chi connectivity index (χ4n) is 2.39. The molecule has 27 heavy (non-hydrogen) atoms. The van der Waals surface area contributed by atoms with Crippen molar-refractivity contribution in [3.05, 3.63) is 35.6 Å². The second kappa shape index (κ2) is 7.71. The molecule has 0 radical (unpaired) electrons. The molecule has 1 aromatic carbocycles. The maximum atomic E-state index is 14.3. The Kier molecular flexibility index (Phi) is 6.83. The summed E-state index contributed by atoms with van der Waals surface area (Å²) >= 11 is 0. The first-order chi connectivity index (χ1) is 11.9. The summed E-state index contributed by atoms with van der Waals surface area (Å²) in [5, 5.41) is 0. The van der Waals surface area contributed by atoms with Gasteiger partial charge in [0, 0.05) is 5.56 Å². The van der Waals surface area contributed by atoms with E-state index < -0.39 is 64.1 Å². The lowest BCUT2D eigenvalue weighted by molar-refractivity contribution is 0.379. The van der Waals surface area contributed by atoms with Crippen LogP contribution in [0.5, 0.6) is 0 Å². The molecule has 0 bridgehead atoms. The van der Waals surface area contributed by atoms with Crippen molar-refractivity contribution < 1.29 is 38.1 Å². The van der Waals surface area contributed by atoms with Gasteiger partial charge in [-0.3, -0.25) is 0 Å². The third-order valence-electron chi connectivity index (χ3n) is 3.23. The van der Waals surface area contributed by atoms with Crippen LogP contribution in [0.2, 0.25) is 0 Å². The molecular weight excluding hydrogens is 447 g/mol. The van der Waals surface area contributed by atoms with Gasteiger partial charge in [0.1, 0.15) is 5.82 Å². The summed E-state index contributed by atoms with van der Waals surface area (Å²) in [5.41, 5.74) is -0.509. The Labute approximate surface area is 158 Å². The number of hydrogen-bond donors (Lipinski definition) is 0. The van der Waals surface area contributed by atoms with Gasteiger partial charge in [0.15, 0.2) is 0 Å². The molecule has 10 nitrogen and oxygen atoms in total. The van der Waals surface area contributed by atoms with E-state index in [9.17, 15) is 38.1 Å². The molecule has 0 saturated carbocycles. The van der Waals surface area contributed by atoms with Crippen LogP contribution in [0.3, 0.4) is 0 Å². The second-order valence-corrected chi connectivity index (χ2v) is 13.8. The van der Waals surface area contributed by atoms with Gasteiger partial charge in [-0.1, -0.05) is 25.6 Å². The van der Waals surface area contributed by atoms with Crippen LogP contribution in [0, 0.1) is 5.82 Å². The summed E-state index contributed by atoms with van der Waals surface area (Å²) in [6.45, 7) is -1.17. The fourth-order valence-corrected chi connectivity index (χ4v) is 8.43. The second-order valence-electron chi connectivity index (χ2n) is 5.77. The highest BCUT2D eigenvalue weighted by Gasteiger charge is 2.41. The third-order valence-corrected chi connectivity index (χ3v) is 10.1. The van der Waals surface area contributed by atoms with Gasteiger partial charge in [-0.05, 0) is 6.07 Å². The van der Waals surface area contributed by atoms with Crippen molar-refractivity contribution in [2.45, 2.75) is 6.04 Å².